The first-order valence-corrected chi connectivity index (χ1v) is 4.87. The van der Waals surface area contributed by atoms with E-state index < -0.39 is 0 Å². The van der Waals surface area contributed by atoms with Crippen LogP contribution in [0.4, 0.5) is 0 Å². The summed E-state index contributed by atoms with van der Waals surface area (Å²) in [6.45, 7) is 10.2. The van der Waals surface area contributed by atoms with E-state index in [0.717, 1.165) is 18.4 Å². The van der Waals surface area contributed by atoms with Crippen molar-refractivity contribution in [3.8, 4) is 0 Å². The Hall–Kier alpha value is -0.820. The van der Waals surface area contributed by atoms with Gasteiger partial charge < -0.3 is 5.73 Å². The van der Waals surface area contributed by atoms with E-state index in [9.17, 15) is 0 Å². The Bertz CT molecular complexity index is 211. The van der Waals surface area contributed by atoms with Crippen LogP contribution in [-0.2, 0) is 0 Å². The minimum Gasteiger partial charge on any atom is -0.324 e. The summed E-state index contributed by atoms with van der Waals surface area (Å²) < 4.78 is 0. The van der Waals surface area contributed by atoms with Crippen molar-refractivity contribution in [3.63, 3.8) is 0 Å². The summed E-state index contributed by atoms with van der Waals surface area (Å²) in [7, 11) is 0. The molecule has 74 valence electrons. The van der Waals surface area contributed by atoms with Crippen LogP contribution in [0.2, 0.25) is 0 Å². The molecule has 1 heteroatoms. The van der Waals surface area contributed by atoms with Crippen LogP contribution in [0.25, 0.3) is 0 Å². The summed E-state index contributed by atoms with van der Waals surface area (Å²) >= 11 is 0. The second kappa shape index (κ2) is 6.67. The fraction of sp³-hybridized carbons (Fsp3) is 0.500. The largest absolute Gasteiger partial charge is 0.324 e. The zero-order valence-corrected chi connectivity index (χ0v) is 9.01. The molecule has 0 aromatic carbocycles. The zero-order chi connectivity index (χ0) is 10.3. The Labute approximate surface area is 82.0 Å². The highest BCUT2D eigenvalue weighted by atomic mass is 14.6. The quantitative estimate of drug-likeness (QED) is 0.644. The maximum atomic E-state index is 5.94. The van der Waals surface area contributed by atoms with Crippen LogP contribution in [0.5, 0.6) is 0 Å². The van der Waals surface area contributed by atoms with Crippen LogP contribution in [0, 0.1) is 0 Å². The fourth-order valence-electron chi connectivity index (χ4n) is 1.13. The van der Waals surface area contributed by atoms with E-state index in [1.165, 1.54) is 5.57 Å². The van der Waals surface area contributed by atoms with Crippen molar-refractivity contribution in [1.29, 1.82) is 0 Å². The van der Waals surface area contributed by atoms with E-state index in [1.54, 1.807) is 0 Å². The molecule has 0 spiro atoms. The van der Waals surface area contributed by atoms with Crippen LogP contribution < -0.4 is 5.73 Å². The van der Waals surface area contributed by atoms with E-state index in [-0.39, 0.29) is 6.04 Å². The number of hydrogen-bond acceptors (Lipinski definition) is 1. The van der Waals surface area contributed by atoms with Gasteiger partial charge in [0, 0.05) is 6.04 Å². The molecule has 0 aliphatic heterocycles. The molecule has 1 unspecified atom stereocenters. The van der Waals surface area contributed by atoms with Crippen LogP contribution in [-0.4, -0.2) is 6.04 Å². The van der Waals surface area contributed by atoms with Gasteiger partial charge in [0.25, 0.3) is 0 Å². The predicted octanol–water partition coefficient (Wildman–Crippen LogP) is 3.19. The lowest BCUT2D eigenvalue weighted by atomic mass is 9.98. The summed E-state index contributed by atoms with van der Waals surface area (Å²) in [5.41, 5.74) is 8.17. The topological polar surface area (TPSA) is 26.0 Å². The third kappa shape index (κ3) is 4.69. The molecule has 0 aromatic rings. The smallest absolute Gasteiger partial charge is 0.0291 e. The first kappa shape index (κ1) is 12.2. The molecule has 0 radical (unpaired) electrons. The van der Waals surface area contributed by atoms with Crippen molar-refractivity contribution in [2.24, 2.45) is 5.73 Å². The average Bonchev–Trinajstić information content (AvgIpc) is 2.13. The molecular weight excluding hydrogens is 158 g/mol. The summed E-state index contributed by atoms with van der Waals surface area (Å²) in [5.74, 6) is 0. The Morgan fingerprint density at radius 2 is 2.15 bits per heavy atom. The molecular formula is C12H21N. The van der Waals surface area contributed by atoms with Gasteiger partial charge in [0.1, 0.15) is 0 Å². The minimum absolute atomic E-state index is 0.117. The van der Waals surface area contributed by atoms with E-state index in [4.69, 9.17) is 5.73 Å². The summed E-state index contributed by atoms with van der Waals surface area (Å²) in [5, 5.41) is 0. The van der Waals surface area contributed by atoms with Crippen molar-refractivity contribution in [2.45, 2.75) is 39.7 Å². The summed E-state index contributed by atoms with van der Waals surface area (Å²) in [4.78, 5) is 0. The molecule has 2 N–H and O–H groups in total. The normalized spacial score (nSPS) is 14.9. The lowest BCUT2D eigenvalue weighted by Crippen LogP contribution is -2.22. The Morgan fingerprint density at radius 3 is 2.62 bits per heavy atom. The van der Waals surface area contributed by atoms with Gasteiger partial charge >= 0.3 is 0 Å². The second-order valence-electron chi connectivity index (χ2n) is 3.30. The van der Waals surface area contributed by atoms with E-state index in [2.05, 4.69) is 26.5 Å². The van der Waals surface area contributed by atoms with E-state index in [1.807, 2.05) is 19.1 Å². The Kier molecular flexibility index (Phi) is 6.25. The third-order valence-electron chi connectivity index (χ3n) is 2.09. The summed E-state index contributed by atoms with van der Waals surface area (Å²) in [6.07, 6.45) is 8.19. The monoisotopic (exact) mass is 179 g/mol. The van der Waals surface area contributed by atoms with Gasteiger partial charge in [-0.15, -0.1) is 0 Å². The van der Waals surface area contributed by atoms with Gasteiger partial charge in [-0.25, -0.2) is 0 Å². The minimum atomic E-state index is 0.117. The van der Waals surface area contributed by atoms with Crippen LogP contribution in [0.3, 0.4) is 0 Å². The fourth-order valence-corrected chi connectivity index (χ4v) is 1.13. The number of hydrogen-bond donors (Lipinski definition) is 1. The molecule has 0 saturated heterocycles. The highest BCUT2D eigenvalue weighted by molar-refractivity contribution is 5.33. The number of allylic oxidation sites excluding steroid dienone is 3. The third-order valence-corrected chi connectivity index (χ3v) is 2.09. The van der Waals surface area contributed by atoms with Gasteiger partial charge in [0.15, 0.2) is 0 Å². The van der Waals surface area contributed by atoms with Crippen molar-refractivity contribution in [2.75, 3.05) is 0 Å². The van der Waals surface area contributed by atoms with Crippen molar-refractivity contribution in [3.05, 3.63) is 36.0 Å². The zero-order valence-electron chi connectivity index (χ0n) is 9.01. The first-order chi connectivity index (χ1) is 6.13. The molecule has 13 heavy (non-hydrogen) atoms. The molecule has 0 bridgehead atoms. The Balaban J connectivity index is 4.24. The van der Waals surface area contributed by atoms with Gasteiger partial charge in [-0.2, -0.15) is 0 Å². The first-order valence-electron chi connectivity index (χ1n) is 4.87. The van der Waals surface area contributed by atoms with Gasteiger partial charge in [0.05, 0.1) is 0 Å². The standard InChI is InChI=1S/C12H21N/c1-5-7-9-10(3)11(4)12(13)8-6-2/h5,7,9,12H,4,6,8,13H2,1-3H3. The number of rotatable bonds is 5. The summed E-state index contributed by atoms with van der Waals surface area (Å²) in [6, 6.07) is 0.117. The molecule has 0 aliphatic rings. The number of nitrogens with two attached hydrogens (primary N) is 1. The Morgan fingerprint density at radius 1 is 1.54 bits per heavy atom. The van der Waals surface area contributed by atoms with Crippen LogP contribution >= 0.6 is 0 Å². The molecule has 0 fully saturated rings. The van der Waals surface area contributed by atoms with Crippen LogP contribution in [0.1, 0.15) is 33.6 Å². The predicted molar refractivity (Wildman–Crippen MR) is 60.6 cm³/mol. The van der Waals surface area contributed by atoms with Gasteiger partial charge in [-0.3, -0.25) is 0 Å². The SMILES string of the molecule is C=C(C(C)=CC=CC)C(N)CCC. The van der Waals surface area contributed by atoms with Crippen molar-refractivity contribution < 1.29 is 0 Å². The molecule has 0 saturated carbocycles. The van der Waals surface area contributed by atoms with E-state index in [0.29, 0.717) is 0 Å². The molecule has 0 aromatic heterocycles. The van der Waals surface area contributed by atoms with Crippen LogP contribution in [0.15, 0.2) is 36.0 Å². The second-order valence-corrected chi connectivity index (χ2v) is 3.30. The highest BCUT2D eigenvalue weighted by Crippen LogP contribution is 2.13. The lowest BCUT2D eigenvalue weighted by Gasteiger charge is -2.13. The van der Waals surface area contributed by atoms with Gasteiger partial charge in [-0.1, -0.05) is 38.2 Å². The van der Waals surface area contributed by atoms with Crippen molar-refractivity contribution in [1.82, 2.24) is 0 Å². The molecule has 1 nitrogen and oxygen atoms in total. The maximum Gasteiger partial charge on any atom is 0.0291 e. The maximum absolute atomic E-state index is 5.94. The van der Waals surface area contributed by atoms with Gasteiger partial charge in [-0.05, 0) is 31.4 Å². The molecule has 0 amide bonds. The lowest BCUT2D eigenvalue weighted by molar-refractivity contribution is 0.680. The molecule has 1 atom stereocenters. The molecule has 0 aliphatic carbocycles. The van der Waals surface area contributed by atoms with Gasteiger partial charge in [0.2, 0.25) is 0 Å². The van der Waals surface area contributed by atoms with E-state index >= 15 is 0 Å². The van der Waals surface area contributed by atoms with Crippen molar-refractivity contribution >= 4 is 0 Å². The highest BCUT2D eigenvalue weighted by Gasteiger charge is 2.06. The molecule has 0 rings (SSSR count). The molecule has 0 heterocycles. The average molecular weight is 179 g/mol.